The van der Waals surface area contributed by atoms with Crippen LogP contribution in [0.1, 0.15) is 26.2 Å². The molecule has 0 aromatic heterocycles. The first-order valence-corrected chi connectivity index (χ1v) is 4.59. The van der Waals surface area contributed by atoms with E-state index < -0.39 is 0 Å². The van der Waals surface area contributed by atoms with Gasteiger partial charge in [-0.1, -0.05) is 13.5 Å². The van der Waals surface area contributed by atoms with Gasteiger partial charge in [0.25, 0.3) is 0 Å². The summed E-state index contributed by atoms with van der Waals surface area (Å²) < 4.78 is 5.02. The Kier molecular flexibility index (Phi) is 1.71. The van der Waals surface area contributed by atoms with Gasteiger partial charge in [-0.05, 0) is 25.2 Å². The minimum Gasteiger partial charge on any atom is -0.431 e. The predicted molar refractivity (Wildman–Crippen MR) is 45.2 cm³/mol. The van der Waals surface area contributed by atoms with Crippen molar-refractivity contribution >= 4 is 5.97 Å². The van der Waals surface area contributed by atoms with Crippen LogP contribution in [-0.2, 0) is 9.53 Å². The number of hydrogen-bond donors (Lipinski definition) is 0. The molecule has 0 unspecified atom stereocenters. The summed E-state index contributed by atoms with van der Waals surface area (Å²) in [4.78, 5) is 11.2. The van der Waals surface area contributed by atoms with E-state index in [1.165, 1.54) is 0 Å². The Labute approximate surface area is 72.6 Å². The van der Waals surface area contributed by atoms with Crippen molar-refractivity contribution in [3.05, 3.63) is 12.3 Å². The van der Waals surface area contributed by atoms with Crippen LogP contribution in [0.15, 0.2) is 12.3 Å². The number of hydrogen-bond acceptors (Lipinski definition) is 2. The van der Waals surface area contributed by atoms with Crippen LogP contribution < -0.4 is 0 Å². The topological polar surface area (TPSA) is 26.3 Å². The molecule has 2 aliphatic rings. The highest BCUT2D eigenvalue weighted by Crippen LogP contribution is 2.43. The summed E-state index contributed by atoms with van der Waals surface area (Å²) in [6.45, 7) is 6.01. The Hall–Kier alpha value is -0.790. The molecule has 66 valence electrons. The lowest BCUT2D eigenvalue weighted by Crippen LogP contribution is -2.23. The van der Waals surface area contributed by atoms with Crippen LogP contribution in [0.4, 0.5) is 0 Å². The molecule has 0 aromatic rings. The van der Waals surface area contributed by atoms with Crippen LogP contribution in [0, 0.1) is 17.8 Å². The highest BCUT2D eigenvalue weighted by Gasteiger charge is 2.42. The van der Waals surface area contributed by atoms with E-state index in [0.717, 1.165) is 25.2 Å². The molecule has 0 spiro atoms. The quantitative estimate of drug-likeness (QED) is 0.515. The fourth-order valence-corrected chi connectivity index (χ4v) is 2.30. The molecule has 2 rings (SSSR count). The second-order valence-corrected chi connectivity index (χ2v) is 4.02. The van der Waals surface area contributed by atoms with E-state index in [1.807, 2.05) is 0 Å². The molecule has 0 N–H and O–H groups in total. The van der Waals surface area contributed by atoms with E-state index in [4.69, 9.17) is 4.74 Å². The number of cyclic esters (lactones) is 1. The second kappa shape index (κ2) is 2.61. The monoisotopic (exact) mass is 166 g/mol. The van der Waals surface area contributed by atoms with Crippen molar-refractivity contribution in [1.29, 1.82) is 0 Å². The zero-order valence-electron chi connectivity index (χ0n) is 7.38. The van der Waals surface area contributed by atoms with Crippen LogP contribution in [-0.4, -0.2) is 5.97 Å². The largest absolute Gasteiger partial charge is 0.431 e. The minimum atomic E-state index is -0.0445. The van der Waals surface area contributed by atoms with E-state index in [0.29, 0.717) is 11.7 Å². The molecular weight excluding hydrogens is 152 g/mol. The average molecular weight is 166 g/mol. The summed E-state index contributed by atoms with van der Waals surface area (Å²) >= 11 is 0. The number of carbonyl (C=O) groups excluding carboxylic acids is 1. The van der Waals surface area contributed by atoms with Gasteiger partial charge in [0.05, 0.1) is 5.92 Å². The molecule has 2 fully saturated rings. The standard InChI is InChI=1S/C10H14O2/c1-6-3-4-8-9(5-6)7(2)12-10(8)11/h6,8-9H,2-5H2,1H3/t6-,8-,9-/m1/s1. The molecule has 0 amide bonds. The van der Waals surface area contributed by atoms with Gasteiger partial charge >= 0.3 is 5.97 Å². The first-order chi connectivity index (χ1) is 5.68. The summed E-state index contributed by atoms with van der Waals surface area (Å²) in [5, 5.41) is 0. The molecule has 2 nitrogen and oxygen atoms in total. The highest BCUT2D eigenvalue weighted by atomic mass is 16.5. The van der Waals surface area contributed by atoms with Crippen molar-refractivity contribution in [2.24, 2.45) is 17.8 Å². The summed E-state index contributed by atoms with van der Waals surface area (Å²) in [7, 11) is 0. The van der Waals surface area contributed by atoms with Gasteiger partial charge in [0.1, 0.15) is 5.76 Å². The molecule has 0 bridgehead atoms. The minimum absolute atomic E-state index is 0.0445. The molecule has 1 aliphatic heterocycles. The number of ether oxygens (including phenoxy) is 1. The smallest absolute Gasteiger partial charge is 0.314 e. The zero-order valence-corrected chi connectivity index (χ0v) is 7.38. The molecule has 12 heavy (non-hydrogen) atoms. The zero-order chi connectivity index (χ0) is 8.72. The van der Waals surface area contributed by atoms with E-state index in [9.17, 15) is 4.79 Å². The van der Waals surface area contributed by atoms with Gasteiger partial charge < -0.3 is 4.74 Å². The molecule has 0 radical (unpaired) electrons. The number of allylic oxidation sites excluding steroid dienone is 1. The Morgan fingerprint density at radius 3 is 2.92 bits per heavy atom. The van der Waals surface area contributed by atoms with Crippen LogP contribution in [0.25, 0.3) is 0 Å². The molecule has 1 aliphatic carbocycles. The molecule has 2 heteroatoms. The van der Waals surface area contributed by atoms with Crippen molar-refractivity contribution in [2.75, 3.05) is 0 Å². The third-order valence-corrected chi connectivity index (χ3v) is 3.06. The lowest BCUT2D eigenvalue weighted by molar-refractivity contribution is -0.139. The Bertz CT molecular complexity index is 232. The number of fused-ring (bicyclic) bond motifs is 1. The van der Waals surface area contributed by atoms with Gasteiger partial charge in [0.2, 0.25) is 0 Å². The summed E-state index contributed by atoms with van der Waals surface area (Å²) in [5.74, 6) is 1.83. The summed E-state index contributed by atoms with van der Waals surface area (Å²) in [6, 6.07) is 0. The maximum absolute atomic E-state index is 11.2. The number of rotatable bonds is 0. The normalized spacial score (nSPS) is 40.9. The maximum Gasteiger partial charge on any atom is 0.314 e. The van der Waals surface area contributed by atoms with Crippen molar-refractivity contribution in [2.45, 2.75) is 26.2 Å². The van der Waals surface area contributed by atoms with Crippen LogP contribution in [0.3, 0.4) is 0 Å². The van der Waals surface area contributed by atoms with Crippen molar-refractivity contribution in [1.82, 2.24) is 0 Å². The van der Waals surface area contributed by atoms with Gasteiger partial charge in [-0.3, -0.25) is 4.79 Å². The van der Waals surface area contributed by atoms with Crippen molar-refractivity contribution in [3.63, 3.8) is 0 Å². The average Bonchev–Trinajstić information content (AvgIpc) is 2.28. The van der Waals surface area contributed by atoms with Crippen molar-refractivity contribution in [3.8, 4) is 0 Å². The first-order valence-electron chi connectivity index (χ1n) is 4.59. The fraction of sp³-hybridized carbons (Fsp3) is 0.700. The molecule has 1 saturated heterocycles. The third kappa shape index (κ3) is 1.06. The highest BCUT2D eigenvalue weighted by molar-refractivity contribution is 5.77. The number of carbonyl (C=O) groups is 1. The van der Waals surface area contributed by atoms with Crippen LogP contribution >= 0.6 is 0 Å². The SMILES string of the molecule is C=C1OC(=O)[C@@H]2CC[C@@H](C)C[C@H]12. The summed E-state index contributed by atoms with van der Waals surface area (Å²) in [5.41, 5.74) is 0. The van der Waals surface area contributed by atoms with Gasteiger partial charge in [-0.15, -0.1) is 0 Å². The Morgan fingerprint density at radius 2 is 2.17 bits per heavy atom. The van der Waals surface area contributed by atoms with Gasteiger partial charge in [-0.2, -0.15) is 0 Å². The van der Waals surface area contributed by atoms with E-state index in [1.54, 1.807) is 0 Å². The first kappa shape index (κ1) is 7.84. The summed E-state index contributed by atoms with van der Waals surface area (Å²) in [6.07, 6.45) is 3.22. The van der Waals surface area contributed by atoms with Crippen LogP contribution in [0.2, 0.25) is 0 Å². The van der Waals surface area contributed by atoms with Gasteiger partial charge in [0, 0.05) is 5.92 Å². The third-order valence-electron chi connectivity index (χ3n) is 3.06. The Balaban J connectivity index is 2.17. The van der Waals surface area contributed by atoms with E-state index in [2.05, 4.69) is 13.5 Å². The maximum atomic E-state index is 11.2. The fourth-order valence-electron chi connectivity index (χ4n) is 2.30. The molecule has 0 aromatic carbocycles. The Morgan fingerprint density at radius 1 is 1.42 bits per heavy atom. The number of esters is 1. The van der Waals surface area contributed by atoms with Crippen LogP contribution in [0.5, 0.6) is 0 Å². The molecule has 1 saturated carbocycles. The molecular formula is C10H14O2. The van der Waals surface area contributed by atoms with Crippen molar-refractivity contribution < 1.29 is 9.53 Å². The van der Waals surface area contributed by atoms with E-state index >= 15 is 0 Å². The molecule has 1 heterocycles. The van der Waals surface area contributed by atoms with Gasteiger partial charge in [-0.25, -0.2) is 0 Å². The molecule has 3 atom stereocenters. The lowest BCUT2D eigenvalue weighted by Gasteiger charge is -2.25. The lowest BCUT2D eigenvalue weighted by atomic mass is 9.75. The van der Waals surface area contributed by atoms with E-state index in [-0.39, 0.29) is 11.9 Å². The second-order valence-electron chi connectivity index (χ2n) is 4.02. The van der Waals surface area contributed by atoms with Gasteiger partial charge in [0.15, 0.2) is 0 Å². The predicted octanol–water partition coefficient (Wildman–Crippen LogP) is 2.11.